The highest BCUT2D eigenvalue weighted by Crippen LogP contribution is 2.50. The fourth-order valence-corrected chi connectivity index (χ4v) is 3.98. The molecule has 0 heterocycles. The van der Waals surface area contributed by atoms with Gasteiger partial charge >= 0.3 is 0 Å². The van der Waals surface area contributed by atoms with E-state index < -0.39 is 28.8 Å². The number of fused-ring (bicyclic) bond motifs is 1. The van der Waals surface area contributed by atoms with Gasteiger partial charge in [-0.05, 0) is 56.4 Å². The van der Waals surface area contributed by atoms with Crippen LogP contribution in [0.1, 0.15) is 45.1 Å². The lowest BCUT2D eigenvalue weighted by molar-refractivity contribution is -0.113. The van der Waals surface area contributed by atoms with Gasteiger partial charge in [-0.25, -0.2) is 0 Å². The number of aliphatic hydroxyl groups excluding tert-OH is 1. The molecule has 2 aliphatic carbocycles. The summed E-state index contributed by atoms with van der Waals surface area (Å²) in [5, 5.41) is 39.5. The fourth-order valence-electron chi connectivity index (χ4n) is 3.98. The van der Waals surface area contributed by atoms with Crippen LogP contribution in [0.15, 0.2) is 28.9 Å². The molecular formula is C19H22O5. The number of phenolic OH excluding ortho intramolecular Hbond substituents is 3. The van der Waals surface area contributed by atoms with Gasteiger partial charge < -0.3 is 20.4 Å². The number of benzene rings is 1. The molecule has 3 rings (SSSR count). The van der Waals surface area contributed by atoms with E-state index in [4.69, 9.17) is 0 Å². The molecule has 4 N–H and O–H groups in total. The second-order valence-corrected chi connectivity index (χ2v) is 6.98. The zero-order valence-corrected chi connectivity index (χ0v) is 13.8. The summed E-state index contributed by atoms with van der Waals surface area (Å²) in [5.41, 5.74) is 1.97. The predicted octanol–water partition coefficient (Wildman–Crippen LogP) is 3.03. The van der Waals surface area contributed by atoms with Crippen molar-refractivity contribution in [1.82, 2.24) is 0 Å². The van der Waals surface area contributed by atoms with Crippen LogP contribution in [-0.4, -0.2) is 32.3 Å². The molecule has 0 radical (unpaired) electrons. The van der Waals surface area contributed by atoms with Crippen LogP contribution in [0.5, 0.6) is 17.2 Å². The van der Waals surface area contributed by atoms with Gasteiger partial charge in [-0.3, -0.25) is 4.79 Å². The van der Waals surface area contributed by atoms with E-state index in [1.165, 1.54) is 18.2 Å². The molecule has 2 aliphatic rings. The first-order valence-corrected chi connectivity index (χ1v) is 8.13. The quantitative estimate of drug-likeness (QED) is 0.469. The Morgan fingerprint density at radius 1 is 1.21 bits per heavy atom. The van der Waals surface area contributed by atoms with Crippen molar-refractivity contribution in [3.05, 3.63) is 34.4 Å². The number of allylic oxidation sites excluding steroid dienone is 2. The number of aliphatic hydroxyl groups is 1. The van der Waals surface area contributed by atoms with Gasteiger partial charge in [0.2, 0.25) is 5.75 Å². The maximum atomic E-state index is 12.7. The number of ketones is 1. The molecule has 1 fully saturated rings. The maximum Gasteiger partial charge on any atom is 0.200 e. The predicted molar refractivity (Wildman–Crippen MR) is 89.7 cm³/mol. The van der Waals surface area contributed by atoms with E-state index >= 15 is 0 Å². The molecule has 0 amide bonds. The van der Waals surface area contributed by atoms with Crippen LogP contribution in [0, 0.1) is 5.41 Å². The molecule has 5 nitrogen and oxygen atoms in total. The minimum atomic E-state index is -0.607. The molecule has 0 bridgehead atoms. The van der Waals surface area contributed by atoms with Gasteiger partial charge in [0.25, 0.3) is 0 Å². The molecular weight excluding hydrogens is 308 g/mol. The lowest BCUT2D eigenvalue weighted by atomic mass is 9.61. The standard InChI is InChI=1S/C19H22O5/c1-10-13-4-3-5-15(21)19(13,2)9-12(16(10)22)8-11-6-7-14(20)18(24)17(11)23/h6-8,15,20-21,23-24H,3-5,9H2,1-2H3/t15-,19-/m0/s1. The van der Waals surface area contributed by atoms with Crippen LogP contribution in [0.3, 0.4) is 0 Å². The molecule has 0 saturated heterocycles. The molecule has 128 valence electrons. The molecule has 2 atom stereocenters. The zero-order chi connectivity index (χ0) is 17.6. The second-order valence-electron chi connectivity index (χ2n) is 6.98. The van der Waals surface area contributed by atoms with Gasteiger partial charge in [0, 0.05) is 16.6 Å². The van der Waals surface area contributed by atoms with Gasteiger partial charge in [-0.1, -0.05) is 12.5 Å². The average molecular weight is 330 g/mol. The third kappa shape index (κ3) is 2.40. The maximum absolute atomic E-state index is 12.7. The first kappa shape index (κ1) is 16.6. The third-order valence-electron chi connectivity index (χ3n) is 5.46. The van der Waals surface area contributed by atoms with Crippen LogP contribution in [-0.2, 0) is 4.79 Å². The number of rotatable bonds is 1. The normalized spacial score (nSPS) is 29.0. The number of hydrogen-bond donors (Lipinski definition) is 4. The van der Waals surface area contributed by atoms with Crippen molar-refractivity contribution in [2.24, 2.45) is 5.41 Å². The number of Topliss-reactive ketones (excluding diaryl/α,β-unsaturated/α-hetero) is 1. The van der Waals surface area contributed by atoms with Crippen LogP contribution >= 0.6 is 0 Å². The number of hydrogen-bond acceptors (Lipinski definition) is 5. The Labute approximate surface area is 140 Å². The molecule has 5 heteroatoms. The largest absolute Gasteiger partial charge is 0.504 e. The number of carbonyl (C=O) groups is 1. The smallest absolute Gasteiger partial charge is 0.200 e. The summed E-state index contributed by atoms with van der Waals surface area (Å²) in [6.45, 7) is 3.76. The van der Waals surface area contributed by atoms with Crippen molar-refractivity contribution < 1.29 is 25.2 Å². The van der Waals surface area contributed by atoms with Crippen molar-refractivity contribution in [2.45, 2.75) is 45.6 Å². The van der Waals surface area contributed by atoms with Gasteiger partial charge in [0.1, 0.15) is 0 Å². The van der Waals surface area contributed by atoms with E-state index in [0.717, 1.165) is 18.4 Å². The van der Waals surface area contributed by atoms with E-state index in [9.17, 15) is 25.2 Å². The molecule has 24 heavy (non-hydrogen) atoms. The summed E-state index contributed by atoms with van der Waals surface area (Å²) in [6.07, 6.45) is 3.82. The third-order valence-corrected chi connectivity index (χ3v) is 5.46. The Kier molecular flexibility index (Phi) is 3.92. The lowest BCUT2D eigenvalue weighted by Crippen LogP contribution is -2.42. The Bertz CT molecular complexity index is 774. The molecule has 0 unspecified atom stereocenters. The van der Waals surface area contributed by atoms with E-state index in [2.05, 4.69) is 0 Å². The van der Waals surface area contributed by atoms with Gasteiger partial charge in [-0.2, -0.15) is 0 Å². The van der Waals surface area contributed by atoms with Crippen LogP contribution in [0.2, 0.25) is 0 Å². The summed E-state index contributed by atoms with van der Waals surface area (Å²) in [5.74, 6) is -1.58. The monoisotopic (exact) mass is 330 g/mol. The number of phenols is 3. The average Bonchev–Trinajstić information content (AvgIpc) is 2.55. The molecule has 0 spiro atoms. The first-order valence-electron chi connectivity index (χ1n) is 8.13. The fraction of sp³-hybridized carbons (Fsp3) is 0.421. The summed E-state index contributed by atoms with van der Waals surface area (Å²) in [6, 6.07) is 2.71. The van der Waals surface area contributed by atoms with Gasteiger partial charge in [0.15, 0.2) is 17.3 Å². The van der Waals surface area contributed by atoms with Gasteiger partial charge in [0.05, 0.1) is 6.10 Å². The number of carbonyl (C=O) groups excluding carboxylic acids is 1. The molecule has 0 aromatic heterocycles. The highest BCUT2D eigenvalue weighted by atomic mass is 16.3. The van der Waals surface area contributed by atoms with Crippen molar-refractivity contribution >= 4 is 11.9 Å². The second kappa shape index (κ2) is 5.67. The molecule has 1 saturated carbocycles. The van der Waals surface area contributed by atoms with E-state index in [0.29, 0.717) is 24.0 Å². The summed E-state index contributed by atoms with van der Waals surface area (Å²) in [7, 11) is 0. The van der Waals surface area contributed by atoms with Crippen molar-refractivity contribution in [2.75, 3.05) is 0 Å². The highest BCUT2D eigenvalue weighted by molar-refractivity contribution is 6.12. The lowest BCUT2D eigenvalue weighted by Gasteiger charge is -2.45. The van der Waals surface area contributed by atoms with E-state index in [1.807, 2.05) is 6.92 Å². The van der Waals surface area contributed by atoms with Crippen molar-refractivity contribution in [3.8, 4) is 17.2 Å². The summed E-state index contributed by atoms with van der Waals surface area (Å²) >= 11 is 0. The Hall–Kier alpha value is -2.27. The van der Waals surface area contributed by atoms with Gasteiger partial charge in [-0.15, -0.1) is 0 Å². The minimum Gasteiger partial charge on any atom is -0.504 e. The van der Waals surface area contributed by atoms with Crippen molar-refractivity contribution in [1.29, 1.82) is 0 Å². The summed E-state index contributed by atoms with van der Waals surface area (Å²) < 4.78 is 0. The summed E-state index contributed by atoms with van der Waals surface area (Å²) in [4.78, 5) is 12.7. The van der Waals surface area contributed by atoms with E-state index in [1.54, 1.807) is 6.92 Å². The van der Waals surface area contributed by atoms with Crippen LogP contribution in [0.25, 0.3) is 6.08 Å². The SMILES string of the molecule is CC1=C2CCC[C@H](O)[C@@]2(C)CC(=Cc2ccc(O)c(O)c2O)C1=O. The zero-order valence-electron chi connectivity index (χ0n) is 13.8. The number of aromatic hydroxyl groups is 3. The molecule has 0 aliphatic heterocycles. The van der Waals surface area contributed by atoms with Crippen LogP contribution in [0.4, 0.5) is 0 Å². The minimum absolute atomic E-state index is 0.0939. The Morgan fingerprint density at radius 3 is 2.62 bits per heavy atom. The Morgan fingerprint density at radius 2 is 1.92 bits per heavy atom. The molecule has 1 aromatic rings. The highest BCUT2D eigenvalue weighted by Gasteiger charge is 2.45. The van der Waals surface area contributed by atoms with Crippen molar-refractivity contribution in [3.63, 3.8) is 0 Å². The Balaban J connectivity index is 2.09. The van der Waals surface area contributed by atoms with Crippen LogP contribution < -0.4 is 0 Å². The molecule has 1 aromatic carbocycles. The first-order chi connectivity index (χ1) is 11.3. The topological polar surface area (TPSA) is 98.0 Å². The van der Waals surface area contributed by atoms with E-state index in [-0.39, 0.29) is 11.3 Å².